The van der Waals surface area contributed by atoms with E-state index in [1.165, 1.54) is 0 Å². The Bertz CT molecular complexity index is 711. The van der Waals surface area contributed by atoms with E-state index in [0.717, 1.165) is 29.4 Å². The molecule has 0 radical (unpaired) electrons. The third-order valence-corrected chi connectivity index (χ3v) is 4.30. The van der Waals surface area contributed by atoms with Gasteiger partial charge in [-0.25, -0.2) is 4.98 Å². The molecule has 21 heavy (non-hydrogen) atoms. The van der Waals surface area contributed by atoms with E-state index in [-0.39, 0.29) is 5.91 Å². The molecule has 0 saturated carbocycles. The molecule has 1 aliphatic heterocycles. The molecular formula is C14H15N5OS. The number of nitriles is 1. The van der Waals surface area contributed by atoms with Crippen LogP contribution in [0.25, 0.3) is 0 Å². The number of hydrogen-bond acceptors (Lipinski definition) is 5. The number of aryl methyl sites for hydroxylation is 2. The first-order chi connectivity index (χ1) is 10.2. The highest BCUT2D eigenvalue weighted by atomic mass is 32.1. The molecule has 6 nitrogen and oxygen atoms in total. The summed E-state index contributed by atoms with van der Waals surface area (Å²) in [7, 11) is 0. The average molecular weight is 301 g/mol. The SMILES string of the molecule is Cc1nc(CC(=O)N2CCCn3nc(C#N)cc3C2)cs1. The lowest BCUT2D eigenvalue weighted by molar-refractivity contribution is -0.131. The van der Waals surface area contributed by atoms with Crippen molar-refractivity contribution in [3.63, 3.8) is 0 Å². The molecule has 0 saturated heterocycles. The third kappa shape index (κ3) is 2.95. The zero-order valence-corrected chi connectivity index (χ0v) is 12.6. The van der Waals surface area contributed by atoms with Gasteiger partial charge in [0.05, 0.1) is 29.4 Å². The topological polar surface area (TPSA) is 74.8 Å². The van der Waals surface area contributed by atoms with Gasteiger partial charge in [-0.05, 0) is 19.4 Å². The Kier molecular flexibility index (Phi) is 3.71. The van der Waals surface area contributed by atoms with E-state index in [2.05, 4.69) is 10.1 Å². The summed E-state index contributed by atoms with van der Waals surface area (Å²) in [6.45, 7) is 3.91. The van der Waals surface area contributed by atoms with Gasteiger partial charge in [0.2, 0.25) is 5.91 Å². The maximum absolute atomic E-state index is 12.4. The number of carbonyl (C=O) groups excluding carboxylic acids is 1. The molecule has 0 unspecified atom stereocenters. The summed E-state index contributed by atoms with van der Waals surface area (Å²) in [4.78, 5) is 18.6. The molecule has 0 aliphatic carbocycles. The van der Waals surface area contributed by atoms with Gasteiger partial charge in [-0.1, -0.05) is 0 Å². The van der Waals surface area contributed by atoms with Gasteiger partial charge in [-0.15, -0.1) is 11.3 Å². The first-order valence-corrected chi connectivity index (χ1v) is 7.69. The van der Waals surface area contributed by atoms with Crippen molar-refractivity contribution in [3.05, 3.63) is 33.5 Å². The number of fused-ring (bicyclic) bond motifs is 1. The van der Waals surface area contributed by atoms with Gasteiger partial charge in [0, 0.05) is 18.5 Å². The molecule has 2 aromatic rings. The lowest BCUT2D eigenvalue weighted by atomic mass is 10.2. The van der Waals surface area contributed by atoms with Crippen molar-refractivity contribution in [1.82, 2.24) is 19.7 Å². The molecule has 1 amide bonds. The van der Waals surface area contributed by atoms with Gasteiger partial charge in [-0.3, -0.25) is 9.48 Å². The van der Waals surface area contributed by atoms with Crippen molar-refractivity contribution in [2.45, 2.75) is 32.9 Å². The average Bonchev–Trinajstić information content (AvgIpc) is 2.99. The summed E-state index contributed by atoms with van der Waals surface area (Å²) >= 11 is 1.56. The Morgan fingerprint density at radius 3 is 3.10 bits per heavy atom. The summed E-state index contributed by atoms with van der Waals surface area (Å²) in [5.41, 5.74) is 2.17. The zero-order chi connectivity index (χ0) is 14.8. The van der Waals surface area contributed by atoms with Crippen LogP contribution in [-0.2, 0) is 24.3 Å². The predicted molar refractivity (Wildman–Crippen MR) is 77.5 cm³/mol. The number of amides is 1. The van der Waals surface area contributed by atoms with E-state index in [1.54, 1.807) is 17.4 Å². The normalized spacial score (nSPS) is 14.4. The van der Waals surface area contributed by atoms with Crippen LogP contribution in [0.4, 0.5) is 0 Å². The molecule has 0 aromatic carbocycles. The number of aromatic nitrogens is 3. The fraction of sp³-hybridized carbons (Fsp3) is 0.429. The minimum atomic E-state index is 0.0773. The van der Waals surface area contributed by atoms with E-state index >= 15 is 0 Å². The Labute approximate surface area is 126 Å². The summed E-state index contributed by atoms with van der Waals surface area (Å²) in [5.74, 6) is 0.0773. The van der Waals surface area contributed by atoms with Gasteiger partial charge in [0.1, 0.15) is 6.07 Å². The van der Waals surface area contributed by atoms with Crippen LogP contribution in [0, 0.1) is 18.3 Å². The molecule has 0 N–H and O–H groups in total. The summed E-state index contributed by atoms with van der Waals surface area (Å²) in [5, 5.41) is 16.0. The Morgan fingerprint density at radius 2 is 2.38 bits per heavy atom. The largest absolute Gasteiger partial charge is 0.336 e. The van der Waals surface area contributed by atoms with E-state index in [0.29, 0.717) is 25.2 Å². The Hall–Kier alpha value is -2.20. The van der Waals surface area contributed by atoms with Crippen molar-refractivity contribution < 1.29 is 4.79 Å². The Morgan fingerprint density at radius 1 is 1.52 bits per heavy atom. The number of rotatable bonds is 2. The van der Waals surface area contributed by atoms with Crippen molar-refractivity contribution >= 4 is 17.2 Å². The lowest BCUT2D eigenvalue weighted by Gasteiger charge is -2.19. The summed E-state index contributed by atoms with van der Waals surface area (Å²) in [6, 6.07) is 3.81. The molecule has 108 valence electrons. The highest BCUT2D eigenvalue weighted by Crippen LogP contribution is 2.16. The maximum Gasteiger partial charge on any atom is 0.228 e. The van der Waals surface area contributed by atoms with Crippen LogP contribution in [0.5, 0.6) is 0 Å². The van der Waals surface area contributed by atoms with Crippen LogP contribution in [-0.4, -0.2) is 32.1 Å². The zero-order valence-electron chi connectivity index (χ0n) is 11.7. The first kappa shape index (κ1) is 13.8. The van der Waals surface area contributed by atoms with Crippen molar-refractivity contribution in [2.75, 3.05) is 6.54 Å². The molecular weight excluding hydrogens is 286 g/mol. The Balaban J connectivity index is 1.73. The van der Waals surface area contributed by atoms with E-state index in [9.17, 15) is 4.79 Å². The highest BCUT2D eigenvalue weighted by Gasteiger charge is 2.21. The molecule has 2 aromatic heterocycles. The second kappa shape index (κ2) is 5.66. The fourth-order valence-electron chi connectivity index (χ4n) is 2.49. The molecule has 0 spiro atoms. The fourth-order valence-corrected chi connectivity index (χ4v) is 3.10. The van der Waals surface area contributed by atoms with Crippen molar-refractivity contribution in [2.24, 2.45) is 0 Å². The van der Waals surface area contributed by atoms with Crippen molar-refractivity contribution in [3.8, 4) is 6.07 Å². The van der Waals surface area contributed by atoms with Crippen LogP contribution in [0.3, 0.4) is 0 Å². The monoisotopic (exact) mass is 301 g/mol. The molecule has 3 heterocycles. The predicted octanol–water partition coefficient (Wildman–Crippen LogP) is 1.49. The second-order valence-electron chi connectivity index (χ2n) is 5.06. The van der Waals surface area contributed by atoms with Gasteiger partial charge in [0.15, 0.2) is 5.69 Å². The third-order valence-electron chi connectivity index (χ3n) is 3.48. The molecule has 1 aliphatic rings. The minimum absolute atomic E-state index is 0.0773. The summed E-state index contributed by atoms with van der Waals surface area (Å²) < 4.78 is 1.83. The van der Waals surface area contributed by atoms with Crippen LogP contribution in [0.2, 0.25) is 0 Å². The number of nitrogens with zero attached hydrogens (tertiary/aromatic N) is 5. The van der Waals surface area contributed by atoms with E-state index in [4.69, 9.17) is 5.26 Å². The highest BCUT2D eigenvalue weighted by molar-refractivity contribution is 7.09. The number of thiazole rings is 1. The first-order valence-electron chi connectivity index (χ1n) is 6.81. The van der Waals surface area contributed by atoms with E-state index < -0.39 is 0 Å². The molecule has 0 fully saturated rings. The molecule has 0 atom stereocenters. The van der Waals surface area contributed by atoms with Crippen molar-refractivity contribution in [1.29, 1.82) is 5.26 Å². The summed E-state index contributed by atoms with van der Waals surface area (Å²) in [6.07, 6.45) is 1.19. The van der Waals surface area contributed by atoms with Gasteiger partial charge in [-0.2, -0.15) is 10.4 Å². The second-order valence-corrected chi connectivity index (χ2v) is 6.12. The molecule has 7 heteroatoms. The molecule has 3 rings (SSSR count). The van der Waals surface area contributed by atoms with Crippen LogP contribution < -0.4 is 0 Å². The molecule has 0 bridgehead atoms. The van der Waals surface area contributed by atoms with Gasteiger partial charge < -0.3 is 4.90 Å². The van der Waals surface area contributed by atoms with E-state index in [1.807, 2.05) is 28.0 Å². The smallest absolute Gasteiger partial charge is 0.228 e. The van der Waals surface area contributed by atoms with Gasteiger partial charge in [0.25, 0.3) is 0 Å². The van der Waals surface area contributed by atoms with Gasteiger partial charge >= 0.3 is 0 Å². The number of hydrogen-bond donors (Lipinski definition) is 0. The number of carbonyl (C=O) groups is 1. The minimum Gasteiger partial charge on any atom is -0.336 e. The quantitative estimate of drug-likeness (QED) is 0.842. The van der Waals surface area contributed by atoms with Crippen LogP contribution >= 0.6 is 11.3 Å². The standard InChI is InChI=1S/C14H15N5OS/c1-10-16-12(9-21-10)6-14(20)18-3-2-4-19-13(8-18)5-11(7-15)17-19/h5,9H,2-4,6,8H2,1H3. The van der Waals surface area contributed by atoms with Crippen LogP contribution in [0.1, 0.15) is 28.5 Å². The lowest BCUT2D eigenvalue weighted by Crippen LogP contribution is -2.32. The van der Waals surface area contributed by atoms with Crippen LogP contribution in [0.15, 0.2) is 11.4 Å². The maximum atomic E-state index is 12.4.